The molecule has 1 aliphatic heterocycles. The molecule has 64 valence electrons. The summed E-state index contributed by atoms with van der Waals surface area (Å²) in [5.41, 5.74) is 1.21. The quantitative estimate of drug-likeness (QED) is 0.642. The predicted molar refractivity (Wildman–Crippen MR) is 50.1 cm³/mol. The molecule has 0 amide bonds. The molecule has 0 saturated carbocycles. The molecule has 1 aromatic rings. The van der Waals surface area contributed by atoms with Crippen molar-refractivity contribution < 1.29 is 4.39 Å². The van der Waals surface area contributed by atoms with E-state index in [0.717, 1.165) is 0 Å². The van der Waals surface area contributed by atoms with E-state index in [1.54, 1.807) is 12.1 Å². The Balaban J connectivity index is 2.17. The average Bonchev–Trinajstić information content (AvgIpc) is 2.58. The van der Waals surface area contributed by atoms with E-state index in [-0.39, 0.29) is 5.82 Å². The maximum absolute atomic E-state index is 12.6. The summed E-state index contributed by atoms with van der Waals surface area (Å²) in [5.74, 6) is -0.133. The molecule has 12 heavy (non-hydrogen) atoms. The SMILES string of the molecule is Fc1ccc(N2C[Te][Te]C2)cc1. The third kappa shape index (κ3) is 2.06. The molecular weight excluding hydrogens is 384 g/mol. The molecule has 1 saturated heterocycles. The van der Waals surface area contributed by atoms with E-state index in [1.165, 1.54) is 14.9 Å². The monoisotopic (exact) mass is 397 g/mol. The van der Waals surface area contributed by atoms with Crippen molar-refractivity contribution in [1.82, 2.24) is 0 Å². The first-order valence-corrected chi connectivity index (χ1v) is 14.2. The number of benzene rings is 1. The van der Waals surface area contributed by atoms with Gasteiger partial charge >= 0.3 is 88.4 Å². The zero-order valence-corrected chi connectivity index (χ0v) is 11.0. The molecule has 1 fully saturated rings. The second kappa shape index (κ2) is 4.16. The first kappa shape index (κ1) is 9.10. The Hall–Kier alpha value is 0.529. The summed E-state index contributed by atoms with van der Waals surface area (Å²) in [6.45, 7) is 0. The molecule has 0 radical (unpaired) electrons. The minimum atomic E-state index is -0.133. The molecule has 0 aliphatic carbocycles. The van der Waals surface area contributed by atoms with Crippen molar-refractivity contribution in [2.75, 3.05) is 14.1 Å². The second-order valence-corrected chi connectivity index (χ2v) is 14.4. The summed E-state index contributed by atoms with van der Waals surface area (Å²) in [4.78, 5) is 2.41. The van der Waals surface area contributed by atoms with Crippen LogP contribution in [0, 0.1) is 5.82 Å². The van der Waals surface area contributed by atoms with Crippen molar-refractivity contribution in [2.24, 2.45) is 0 Å². The van der Waals surface area contributed by atoms with Gasteiger partial charge in [0.25, 0.3) is 0 Å². The molecule has 1 aromatic carbocycles. The van der Waals surface area contributed by atoms with E-state index in [1.807, 2.05) is 12.1 Å². The van der Waals surface area contributed by atoms with Crippen molar-refractivity contribution >= 4 is 39.8 Å². The number of rotatable bonds is 1. The summed E-state index contributed by atoms with van der Waals surface area (Å²) in [5, 5.41) is 0. The number of hydrogen-bond donors (Lipinski definition) is 0. The van der Waals surface area contributed by atoms with Gasteiger partial charge < -0.3 is 0 Å². The van der Waals surface area contributed by atoms with Crippen LogP contribution in [-0.2, 0) is 0 Å². The van der Waals surface area contributed by atoms with E-state index in [0.29, 0.717) is 34.1 Å². The Morgan fingerprint density at radius 2 is 1.67 bits per heavy atom. The number of halogens is 1. The van der Waals surface area contributed by atoms with Gasteiger partial charge in [0, 0.05) is 0 Å². The first-order valence-electron chi connectivity index (χ1n) is 3.61. The van der Waals surface area contributed by atoms with Crippen LogP contribution in [0.3, 0.4) is 0 Å². The van der Waals surface area contributed by atoms with Gasteiger partial charge in [-0.15, -0.1) is 0 Å². The standard InChI is InChI=1S/C8H8FNTe2/c9-7-1-3-8(4-2-7)10-5-11-12-6-10/h1-4H,5-6H2. The number of anilines is 1. The normalized spacial score (nSPS) is 16.9. The van der Waals surface area contributed by atoms with E-state index < -0.39 is 0 Å². The molecular formula is C8H8FNTe2. The van der Waals surface area contributed by atoms with Crippen molar-refractivity contribution in [3.05, 3.63) is 30.1 Å². The number of hydrogen-bond acceptors (Lipinski definition) is 1. The average molecular weight is 392 g/mol. The Morgan fingerprint density at radius 3 is 2.25 bits per heavy atom. The second-order valence-electron chi connectivity index (χ2n) is 2.51. The summed E-state index contributed by atoms with van der Waals surface area (Å²) in [7, 11) is 0. The van der Waals surface area contributed by atoms with Crippen molar-refractivity contribution in [2.45, 2.75) is 0 Å². The molecule has 4 heteroatoms. The summed E-state index contributed by atoms with van der Waals surface area (Å²) in [6, 6.07) is 6.88. The topological polar surface area (TPSA) is 3.24 Å². The molecule has 0 aromatic heterocycles. The van der Waals surface area contributed by atoms with Crippen LogP contribution in [0.15, 0.2) is 24.3 Å². The zero-order chi connectivity index (χ0) is 8.39. The molecule has 0 N–H and O–H groups in total. The van der Waals surface area contributed by atoms with Crippen molar-refractivity contribution in [1.29, 1.82) is 0 Å². The molecule has 0 bridgehead atoms. The van der Waals surface area contributed by atoms with E-state index >= 15 is 0 Å². The van der Waals surface area contributed by atoms with Crippen LogP contribution in [-0.4, -0.2) is 43.3 Å². The van der Waals surface area contributed by atoms with Crippen LogP contribution in [0.4, 0.5) is 10.1 Å². The fourth-order valence-electron chi connectivity index (χ4n) is 1.04. The van der Waals surface area contributed by atoms with E-state index in [2.05, 4.69) is 4.90 Å². The summed E-state index contributed by atoms with van der Waals surface area (Å²) >= 11 is 0.748. The van der Waals surface area contributed by atoms with Gasteiger partial charge in [-0.2, -0.15) is 0 Å². The van der Waals surface area contributed by atoms with E-state index in [4.69, 9.17) is 0 Å². The van der Waals surface area contributed by atoms with Gasteiger partial charge in [-0.1, -0.05) is 0 Å². The molecule has 1 nitrogen and oxygen atoms in total. The third-order valence-electron chi connectivity index (χ3n) is 1.69. The fourth-order valence-corrected chi connectivity index (χ4v) is 12.4. The minimum absolute atomic E-state index is 0.133. The molecule has 2 rings (SSSR count). The molecule has 1 aliphatic rings. The predicted octanol–water partition coefficient (Wildman–Crippen LogP) is 0.884. The molecule has 0 unspecified atom stereocenters. The van der Waals surface area contributed by atoms with Crippen LogP contribution in [0.2, 0.25) is 0 Å². The Morgan fingerprint density at radius 1 is 1.08 bits per heavy atom. The zero-order valence-electron chi connectivity index (χ0n) is 6.37. The maximum atomic E-state index is 12.6. The van der Waals surface area contributed by atoms with Gasteiger partial charge in [0.2, 0.25) is 0 Å². The van der Waals surface area contributed by atoms with Gasteiger partial charge in [0.05, 0.1) is 0 Å². The van der Waals surface area contributed by atoms with Crippen LogP contribution >= 0.6 is 0 Å². The van der Waals surface area contributed by atoms with Crippen LogP contribution < -0.4 is 4.90 Å². The van der Waals surface area contributed by atoms with Crippen LogP contribution in [0.25, 0.3) is 0 Å². The van der Waals surface area contributed by atoms with Gasteiger partial charge in [-0.25, -0.2) is 0 Å². The summed E-state index contributed by atoms with van der Waals surface area (Å²) in [6.07, 6.45) is 0. The Labute approximate surface area is 87.7 Å². The van der Waals surface area contributed by atoms with Gasteiger partial charge in [0.1, 0.15) is 0 Å². The van der Waals surface area contributed by atoms with Crippen molar-refractivity contribution in [3.8, 4) is 0 Å². The fraction of sp³-hybridized carbons (Fsp3) is 0.250. The molecule has 1 heterocycles. The van der Waals surface area contributed by atoms with Gasteiger partial charge in [-0.05, 0) is 0 Å². The van der Waals surface area contributed by atoms with Gasteiger partial charge in [-0.3, -0.25) is 0 Å². The Kier molecular flexibility index (Phi) is 3.15. The third-order valence-corrected chi connectivity index (χ3v) is 11.8. The van der Waals surface area contributed by atoms with E-state index in [9.17, 15) is 4.39 Å². The Bertz CT molecular complexity index is 256. The van der Waals surface area contributed by atoms with Crippen LogP contribution in [0.5, 0.6) is 0 Å². The molecule has 0 atom stereocenters. The van der Waals surface area contributed by atoms with Gasteiger partial charge in [0.15, 0.2) is 0 Å². The molecule has 0 spiro atoms. The number of nitrogens with zero attached hydrogens (tertiary/aromatic N) is 1. The van der Waals surface area contributed by atoms with Crippen LogP contribution in [0.1, 0.15) is 0 Å². The summed E-state index contributed by atoms with van der Waals surface area (Å²) < 4.78 is 15.2. The first-order chi connectivity index (χ1) is 5.86. The van der Waals surface area contributed by atoms with Crippen molar-refractivity contribution in [3.63, 3.8) is 0 Å².